The van der Waals surface area contributed by atoms with Gasteiger partial charge in [-0.2, -0.15) is 5.10 Å². The van der Waals surface area contributed by atoms with Gasteiger partial charge in [-0.3, -0.25) is 14.9 Å². The van der Waals surface area contributed by atoms with E-state index in [0.29, 0.717) is 16.2 Å². The molecule has 0 aliphatic rings. The summed E-state index contributed by atoms with van der Waals surface area (Å²) in [5.74, 6) is 0. The molecule has 4 nitrogen and oxygen atoms in total. The lowest BCUT2D eigenvalue weighted by molar-refractivity contribution is 0.112. The molecular formula is C13H8ClN3O. The lowest BCUT2D eigenvalue weighted by Gasteiger charge is -2.04. The van der Waals surface area contributed by atoms with E-state index in [9.17, 15) is 4.79 Å². The molecule has 0 atom stereocenters. The number of aldehydes is 1. The Balaban J connectivity index is 2.29. The Bertz CT molecular complexity index is 722. The first kappa shape index (κ1) is 10.9. The Hall–Kier alpha value is -2.20. The number of aromatic nitrogens is 3. The Morgan fingerprint density at radius 3 is 2.94 bits per heavy atom. The monoisotopic (exact) mass is 257 g/mol. The van der Waals surface area contributed by atoms with Gasteiger partial charge in [-0.1, -0.05) is 17.7 Å². The van der Waals surface area contributed by atoms with Crippen LogP contribution in [-0.4, -0.2) is 21.5 Å². The van der Waals surface area contributed by atoms with Crippen LogP contribution in [0.4, 0.5) is 0 Å². The number of carbonyl (C=O) groups excluding carboxylic acids is 1. The molecule has 1 N–H and O–H groups in total. The van der Waals surface area contributed by atoms with Crippen molar-refractivity contribution in [3.8, 4) is 11.1 Å². The van der Waals surface area contributed by atoms with Gasteiger partial charge in [0.25, 0.3) is 0 Å². The van der Waals surface area contributed by atoms with Gasteiger partial charge in [-0.05, 0) is 18.2 Å². The number of benzene rings is 1. The Labute approximate surface area is 108 Å². The number of carbonyl (C=O) groups is 1. The summed E-state index contributed by atoms with van der Waals surface area (Å²) in [7, 11) is 0. The van der Waals surface area contributed by atoms with Crippen molar-refractivity contribution in [1.29, 1.82) is 0 Å². The van der Waals surface area contributed by atoms with E-state index < -0.39 is 0 Å². The number of hydrogen-bond acceptors (Lipinski definition) is 3. The molecule has 0 amide bonds. The Morgan fingerprint density at radius 2 is 2.22 bits per heavy atom. The summed E-state index contributed by atoms with van der Waals surface area (Å²) < 4.78 is 0. The predicted octanol–water partition coefficient (Wildman–Crippen LogP) is 3.09. The molecule has 0 unspecified atom stereocenters. The molecule has 2 aromatic heterocycles. The number of rotatable bonds is 2. The summed E-state index contributed by atoms with van der Waals surface area (Å²) in [6.07, 6.45) is 4.18. The summed E-state index contributed by atoms with van der Waals surface area (Å²) in [5, 5.41) is 8.05. The second-order valence-electron chi connectivity index (χ2n) is 3.85. The standard InChI is InChI=1S/C13H8ClN3O/c14-11-5-12-10(13(7-18)17-16-12)4-9(11)8-2-1-3-15-6-8/h1-7H,(H,16,17). The van der Waals surface area contributed by atoms with Crippen molar-refractivity contribution in [1.82, 2.24) is 15.2 Å². The summed E-state index contributed by atoms with van der Waals surface area (Å²) in [6, 6.07) is 7.34. The van der Waals surface area contributed by atoms with Crippen LogP contribution in [0.3, 0.4) is 0 Å². The zero-order valence-corrected chi connectivity index (χ0v) is 9.98. The number of aromatic amines is 1. The highest BCUT2D eigenvalue weighted by molar-refractivity contribution is 6.34. The fraction of sp³-hybridized carbons (Fsp3) is 0. The van der Waals surface area contributed by atoms with Crippen LogP contribution in [0.5, 0.6) is 0 Å². The van der Waals surface area contributed by atoms with Crippen LogP contribution in [0.15, 0.2) is 36.7 Å². The third-order valence-electron chi connectivity index (χ3n) is 2.76. The van der Waals surface area contributed by atoms with Crippen molar-refractivity contribution >= 4 is 28.8 Å². The summed E-state index contributed by atoms with van der Waals surface area (Å²) in [5.41, 5.74) is 2.87. The van der Waals surface area contributed by atoms with E-state index >= 15 is 0 Å². The molecule has 1 aromatic carbocycles. The van der Waals surface area contributed by atoms with Crippen molar-refractivity contribution in [2.24, 2.45) is 0 Å². The quantitative estimate of drug-likeness (QED) is 0.718. The molecule has 0 bridgehead atoms. The van der Waals surface area contributed by atoms with Crippen LogP contribution in [0.2, 0.25) is 5.02 Å². The van der Waals surface area contributed by atoms with Crippen LogP contribution in [0.25, 0.3) is 22.0 Å². The van der Waals surface area contributed by atoms with Crippen LogP contribution >= 0.6 is 11.6 Å². The minimum atomic E-state index is 0.451. The third-order valence-corrected chi connectivity index (χ3v) is 3.08. The lowest BCUT2D eigenvalue weighted by Crippen LogP contribution is -1.83. The van der Waals surface area contributed by atoms with Gasteiger partial charge in [-0.25, -0.2) is 0 Å². The SMILES string of the molecule is O=Cc1[nH]nc2cc(Cl)c(-c3cccnc3)cc12. The van der Waals surface area contributed by atoms with E-state index in [0.717, 1.165) is 22.8 Å². The molecule has 2 heterocycles. The van der Waals surface area contributed by atoms with Gasteiger partial charge >= 0.3 is 0 Å². The highest BCUT2D eigenvalue weighted by Crippen LogP contribution is 2.31. The third kappa shape index (κ3) is 1.67. The van der Waals surface area contributed by atoms with Crippen LogP contribution in [0, 0.1) is 0 Å². The number of pyridine rings is 1. The normalized spacial score (nSPS) is 10.7. The van der Waals surface area contributed by atoms with E-state index in [1.165, 1.54) is 0 Å². The molecule has 3 rings (SSSR count). The summed E-state index contributed by atoms with van der Waals surface area (Å²) in [6.45, 7) is 0. The van der Waals surface area contributed by atoms with Gasteiger partial charge in [0.1, 0.15) is 5.69 Å². The van der Waals surface area contributed by atoms with Crippen LogP contribution < -0.4 is 0 Å². The van der Waals surface area contributed by atoms with Crippen molar-refractivity contribution in [3.63, 3.8) is 0 Å². The average molecular weight is 258 g/mol. The molecule has 5 heteroatoms. The maximum Gasteiger partial charge on any atom is 0.168 e. The van der Waals surface area contributed by atoms with Gasteiger partial charge in [0, 0.05) is 28.9 Å². The van der Waals surface area contributed by atoms with Crippen molar-refractivity contribution in [2.75, 3.05) is 0 Å². The van der Waals surface area contributed by atoms with Crippen LogP contribution in [-0.2, 0) is 0 Å². The van der Waals surface area contributed by atoms with Gasteiger partial charge in [-0.15, -0.1) is 0 Å². The highest BCUT2D eigenvalue weighted by Gasteiger charge is 2.10. The molecule has 0 aliphatic carbocycles. The largest absolute Gasteiger partial charge is 0.296 e. The van der Waals surface area contributed by atoms with Gasteiger partial charge < -0.3 is 0 Å². The number of fused-ring (bicyclic) bond motifs is 1. The molecule has 0 saturated heterocycles. The van der Waals surface area contributed by atoms with E-state index in [-0.39, 0.29) is 0 Å². The first-order chi connectivity index (χ1) is 8.79. The van der Waals surface area contributed by atoms with Gasteiger partial charge in [0.15, 0.2) is 6.29 Å². The Kier molecular flexibility index (Phi) is 2.57. The first-order valence-corrected chi connectivity index (χ1v) is 5.70. The predicted molar refractivity (Wildman–Crippen MR) is 69.7 cm³/mol. The second kappa shape index (κ2) is 4.23. The maximum atomic E-state index is 10.9. The molecule has 0 saturated carbocycles. The molecule has 0 radical (unpaired) electrons. The average Bonchev–Trinajstić information content (AvgIpc) is 2.80. The number of hydrogen-bond donors (Lipinski definition) is 1. The highest BCUT2D eigenvalue weighted by atomic mass is 35.5. The lowest BCUT2D eigenvalue weighted by atomic mass is 10.0. The second-order valence-corrected chi connectivity index (χ2v) is 4.25. The molecule has 88 valence electrons. The van der Waals surface area contributed by atoms with Gasteiger partial charge in [0.05, 0.1) is 10.5 Å². The molecular weight excluding hydrogens is 250 g/mol. The molecule has 0 fully saturated rings. The topological polar surface area (TPSA) is 58.6 Å². The van der Waals surface area contributed by atoms with E-state index in [2.05, 4.69) is 15.2 Å². The Morgan fingerprint density at radius 1 is 1.33 bits per heavy atom. The molecule has 0 aliphatic heterocycles. The molecule has 3 aromatic rings. The number of halogens is 1. The smallest absolute Gasteiger partial charge is 0.168 e. The summed E-state index contributed by atoms with van der Waals surface area (Å²) >= 11 is 6.22. The van der Waals surface area contributed by atoms with E-state index in [4.69, 9.17) is 11.6 Å². The summed E-state index contributed by atoms with van der Waals surface area (Å²) in [4.78, 5) is 15.0. The van der Waals surface area contributed by atoms with Crippen molar-refractivity contribution in [3.05, 3.63) is 47.4 Å². The molecule has 0 spiro atoms. The molecule has 18 heavy (non-hydrogen) atoms. The van der Waals surface area contributed by atoms with E-state index in [1.54, 1.807) is 18.5 Å². The minimum absolute atomic E-state index is 0.451. The maximum absolute atomic E-state index is 10.9. The van der Waals surface area contributed by atoms with E-state index in [1.807, 2.05) is 18.2 Å². The zero-order chi connectivity index (χ0) is 12.5. The fourth-order valence-electron chi connectivity index (χ4n) is 1.88. The first-order valence-electron chi connectivity index (χ1n) is 5.33. The number of nitrogens with one attached hydrogen (secondary N) is 1. The number of nitrogens with zero attached hydrogens (tertiary/aromatic N) is 2. The minimum Gasteiger partial charge on any atom is -0.296 e. The van der Waals surface area contributed by atoms with Crippen molar-refractivity contribution < 1.29 is 4.79 Å². The fourth-order valence-corrected chi connectivity index (χ4v) is 2.15. The van der Waals surface area contributed by atoms with Gasteiger partial charge in [0.2, 0.25) is 0 Å². The number of H-pyrrole nitrogens is 1. The zero-order valence-electron chi connectivity index (χ0n) is 9.22. The van der Waals surface area contributed by atoms with Crippen LogP contribution in [0.1, 0.15) is 10.5 Å². The van der Waals surface area contributed by atoms with Crippen molar-refractivity contribution in [2.45, 2.75) is 0 Å².